The highest BCUT2D eigenvalue weighted by molar-refractivity contribution is 5.68. The highest BCUT2D eigenvalue weighted by Gasteiger charge is 2.41. The summed E-state index contributed by atoms with van der Waals surface area (Å²) >= 11 is 0. The Morgan fingerprint density at radius 1 is 1.08 bits per heavy atom. The standard InChI is InChI=1S/C14H15F6N3O2/c1-2-25-12(24)23-5-3-22(4-6-23)11-8-9(13(15,16)17)7-10(21-11)14(18,19)20/h7-8H,2-6H2,1H3/p+1. The molecule has 0 aliphatic carbocycles. The van der Waals surface area contributed by atoms with Crippen LogP contribution in [0.3, 0.4) is 0 Å². The van der Waals surface area contributed by atoms with Crippen LogP contribution in [0.4, 0.5) is 37.0 Å². The first-order valence-corrected chi connectivity index (χ1v) is 7.40. The molecule has 2 rings (SSSR count). The molecule has 5 nitrogen and oxygen atoms in total. The van der Waals surface area contributed by atoms with Gasteiger partial charge in [-0.1, -0.05) is 0 Å². The van der Waals surface area contributed by atoms with E-state index in [1.807, 2.05) is 4.98 Å². The summed E-state index contributed by atoms with van der Waals surface area (Å²) in [6, 6.07) is 0.674. The number of carbonyl (C=O) groups is 1. The number of ether oxygens (including phenoxy) is 1. The molecule has 0 atom stereocenters. The Balaban J connectivity index is 2.23. The predicted molar refractivity (Wildman–Crippen MR) is 73.8 cm³/mol. The van der Waals surface area contributed by atoms with Gasteiger partial charge in [-0.15, -0.1) is 0 Å². The molecule has 0 saturated carbocycles. The van der Waals surface area contributed by atoms with Crippen LogP contribution in [0.25, 0.3) is 0 Å². The topological polar surface area (TPSA) is 46.9 Å². The molecule has 25 heavy (non-hydrogen) atoms. The van der Waals surface area contributed by atoms with Gasteiger partial charge in [-0.2, -0.15) is 26.3 Å². The Labute approximate surface area is 139 Å². The second-order valence-electron chi connectivity index (χ2n) is 5.34. The van der Waals surface area contributed by atoms with Crippen molar-refractivity contribution in [1.29, 1.82) is 0 Å². The fourth-order valence-electron chi connectivity index (χ4n) is 2.39. The van der Waals surface area contributed by atoms with E-state index in [2.05, 4.69) is 0 Å². The molecule has 1 saturated heterocycles. The summed E-state index contributed by atoms with van der Waals surface area (Å²) in [6.07, 6.45) is -10.4. The number of nitrogens with zero attached hydrogens (tertiary/aromatic N) is 2. The van der Waals surface area contributed by atoms with E-state index in [4.69, 9.17) is 4.74 Å². The molecule has 1 N–H and O–H groups in total. The normalized spacial score (nSPS) is 16.1. The molecule has 1 fully saturated rings. The first kappa shape index (κ1) is 19.1. The zero-order chi connectivity index (χ0) is 18.8. The maximum absolute atomic E-state index is 12.9. The van der Waals surface area contributed by atoms with Gasteiger partial charge in [0.05, 0.1) is 25.3 Å². The number of alkyl halides is 6. The predicted octanol–water partition coefficient (Wildman–Crippen LogP) is 2.82. The van der Waals surface area contributed by atoms with Gasteiger partial charge in [-0.25, -0.2) is 9.78 Å². The minimum atomic E-state index is -4.94. The molecule has 0 radical (unpaired) electrons. The van der Waals surface area contributed by atoms with Gasteiger partial charge in [0.15, 0.2) is 0 Å². The van der Waals surface area contributed by atoms with Gasteiger partial charge in [0.2, 0.25) is 5.69 Å². The van der Waals surface area contributed by atoms with E-state index in [1.165, 1.54) is 9.80 Å². The fourth-order valence-corrected chi connectivity index (χ4v) is 2.39. The van der Waals surface area contributed by atoms with Crippen molar-refractivity contribution < 1.29 is 40.9 Å². The molecule has 0 spiro atoms. The summed E-state index contributed by atoms with van der Waals surface area (Å²) in [5.41, 5.74) is -2.87. The third kappa shape index (κ3) is 4.67. The summed E-state index contributed by atoms with van der Waals surface area (Å²) in [5.74, 6) is -0.300. The number of pyridine rings is 1. The average molecular weight is 372 g/mol. The lowest BCUT2D eigenvalue weighted by molar-refractivity contribution is -0.415. The molecule has 1 aromatic heterocycles. The quantitative estimate of drug-likeness (QED) is 0.750. The summed E-state index contributed by atoms with van der Waals surface area (Å²) in [7, 11) is 0. The second-order valence-corrected chi connectivity index (χ2v) is 5.34. The zero-order valence-corrected chi connectivity index (χ0v) is 13.2. The summed E-state index contributed by atoms with van der Waals surface area (Å²) in [6.45, 7) is 2.22. The van der Waals surface area contributed by atoms with Gasteiger partial charge >= 0.3 is 18.4 Å². The maximum Gasteiger partial charge on any atom is 0.453 e. The van der Waals surface area contributed by atoms with Crippen LogP contribution >= 0.6 is 0 Å². The maximum atomic E-state index is 12.9. The number of halogens is 6. The molecule has 1 aromatic rings. The molecule has 11 heteroatoms. The van der Waals surface area contributed by atoms with Gasteiger partial charge in [0.25, 0.3) is 5.82 Å². The first-order chi connectivity index (χ1) is 11.5. The summed E-state index contributed by atoms with van der Waals surface area (Å²) in [5, 5.41) is 0. The van der Waals surface area contributed by atoms with E-state index in [9.17, 15) is 31.1 Å². The highest BCUT2D eigenvalue weighted by Crippen LogP contribution is 2.34. The number of piperazine rings is 1. The van der Waals surface area contributed by atoms with Crippen LogP contribution in [0.2, 0.25) is 0 Å². The second kappa shape index (κ2) is 6.96. The Bertz CT molecular complexity index is 592. The summed E-state index contributed by atoms with van der Waals surface area (Å²) < 4.78 is 82.1. The number of rotatable bonds is 2. The van der Waals surface area contributed by atoms with Crippen LogP contribution < -0.4 is 9.88 Å². The number of H-pyrrole nitrogens is 1. The van der Waals surface area contributed by atoms with E-state index in [0.717, 1.165) is 0 Å². The minimum Gasteiger partial charge on any atom is -0.450 e. The Morgan fingerprint density at radius 3 is 2.16 bits per heavy atom. The molecule has 1 amide bonds. The number of amides is 1. The molecule has 0 aromatic carbocycles. The molecule has 2 heterocycles. The number of aromatic amines is 1. The monoisotopic (exact) mass is 372 g/mol. The lowest BCUT2D eigenvalue weighted by atomic mass is 10.2. The number of hydrogen-bond donors (Lipinski definition) is 0. The molecule has 140 valence electrons. The van der Waals surface area contributed by atoms with Crippen molar-refractivity contribution in [2.75, 3.05) is 37.7 Å². The van der Waals surface area contributed by atoms with Crippen molar-refractivity contribution in [2.24, 2.45) is 0 Å². The minimum absolute atomic E-state index is 0.0400. The van der Waals surface area contributed by atoms with E-state index in [-0.39, 0.29) is 44.7 Å². The van der Waals surface area contributed by atoms with Crippen molar-refractivity contribution in [2.45, 2.75) is 19.3 Å². The van der Waals surface area contributed by atoms with Crippen molar-refractivity contribution in [3.63, 3.8) is 0 Å². The average Bonchev–Trinajstić information content (AvgIpc) is 2.53. The molecule has 0 unspecified atom stereocenters. The highest BCUT2D eigenvalue weighted by atomic mass is 19.4. The number of hydrogen-bond acceptors (Lipinski definition) is 3. The van der Waals surface area contributed by atoms with Crippen LogP contribution in [0.1, 0.15) is 18.2 Å². The van der Waals surface area contributed by atoms with Gasteiger partial charge < -0.3 is 9.64 Å². The molecule has 1 aliphatic heterocycles. The van der Waals surface area contributed by atoms with Gasteiger partial charge in [0.1, 0.15) is 13.1 Å². The number of carbonyl (C=O) groups excluding carboxylic acids is 1. The molecule has 1 aliphatic rings. The zero-order valence-electron chi connectivity index (χ0n) is 13.2. The van der Waals surface area contributed by atoms with E-state index in [1.54, 1.807) is 6.92 Å². The Morgan fingerprint density at radius 2 is 1.68 bits per heavy atom. The van der Waals surface area contributed by atoms with E-state index < -0.39 is 29.7 Å². The molecular formula is C14H16F6N3O2+. The first-order valence-electron chi connectivity index (χ1n) is 7.40. The van der Waals surface area contributed by atoms with E-state index in [0.29, 0.717) is 6.07 Å². The lowest BCUT2D eigenvalue weighted by Gasteiger charge is -2.30. The number of nitrogens with one attached hydrogen (secondary N) is 1. The molecular weight excluding hydrogens is 356 g/mol. The largest absolute Gasteiger partial charge is 0.453 e. The summed E-state index contributed by atoms with van der Waals surface area (Å²) in [4.78, 5) is 16.3. The van der Waals surface area contributed by atoms with Crippen LogP contribution in [0, 0.1) is 0 Å². The third-order valence-corrected chi connectivity index (χ3v) is 3.63. The Hall–Kier alpha value is -2.20. The van der Waals surface area contributed by atoms with Crippen molar-refractivity contribution in [3.8, 4) is 0 Å². The SMILES string of the molecule is CCOC(=O)N1CCN(c2cc(C(F)(F)F)cc(C(F)(F)F)[nH+]2)CC1. The van der Waals surface area contributed by atoms with Crippen molar-refractivity contribution in [1.82, 2.24) is 4.90 Å². The number of anilines is 1. The third-order valence-electron chi connectivity index (χ3n) is 3.63. The van der Waals surface area contributed by atoms with Crippen LogP contribution in [0.15, 0.2) is 12.1 Å². The van der Waals surface area contributed by atoms with Gasteiger partial charge in [-0.3, -0.25) is 4.90 Å². The smallest absolute Gasteiger partial charge is 0.450 e. The van der Waals surface area contributed by atoms with Crippen LogP contribution in [0.5, 0.6) is 0 Å². The van der Waals surface area contributed by atoms with Gasteiger partial charge in [-0.05, 0) is 6.92 Å². The van der Waals surface area contributed by atoms with Gasteiger partial charge in [0, 0.05) is 12.1 Å². The lowest BCUT2D eigenvalue weighted by Crippen LogP contribution is -2.50. The molecule has 0 bridgehead atoms. The van der Waals surface area contributed by atoms with E-state index >= 15 is 0 Å². The Kier molecular flexibility index (Phi) is 5.33. The van der Waals surface area contributed by atoms with Crippen molar-refractivity contribution in [3.05, 3.63) is 23.4 Å². The van der Waals surface area contributed by atoms with Crippen LogP contribution in [-0.4, -0.2) is 43.8 Å². The van der Waals surface area contributed by atoms with Crippen molar-refractivity contribution >= 4 is 11.9 Å². The fraction of sp³-hybridized carbons (Fsp3) is 0.571. The van der Waals surface area contributed by atoms with Crippen LogP contribution in [-0.2, 0) is 17.1 Å². The number of aromatic nitrogens is 1.